The second-order valence-corrected chi connectivity index (χ2v) is 4.80. The largest absolute Gasteiger partial charge is 0.478 e. The van der Waals surface area contributed by atoms with Crippen LogP contribution in [0.2, 0.25) is 0 Å². The van der Waals surface area contributed by atoms with Crippen LogP contribution in [0.25, 0.3) is 11.0 Å². The molecule has 0 aliphatic heterocycles. The number of aryl methyl sites for hydroxylation is 2. The molecule has 0 atom stereocenters. The first-order valence-electron chi connectivity index (χ1n) is 6.77. The molecule has 1 aromatic carbocycles. The Morgan fingerprint density at radius 3 is 2.86 bits per heavy atom. The Labute approximate surface area is 120 Å². The lowest BCUT2D eigenvalue weighted by Gasteiger charge is -2.05. The zero-order chi connectivity index (χ0) is 14.7. The minimum absolute atomic E-state index is 0.243. The minimum atomic E-state index is -0.956. The number of carboxylic acid groups (broad SMARTS) is 1. The summed E-state index contributed by atoms with van der Waals surface area (Å²) in [6.07, 6.45) is 7.32. The second kappa shape index (κ2) is 5.74. The van der Waals surface area contributed by atoms with Crippen LogP contribution in [-0.4, -0.2) is 35.6 Å². The van der Waals surface area contributed by atoms with Crippen molar-refractivity contribution in [3.63, 3.8) is 0 Å². The Morgan fingerprint density at radius 1 is 1.24 bits per heavy atom. The van der Waals surface area contributed by atoms with Crippen LogP contribution in [0.3, 0.4) is 0 Å². The molecule has 0 amide bonds. The van der Waals surface area contributed by atoms with Crippen LogP contribution in [0.4, 0.5) is 0 Å². The number of rotatable bonds is 6. The Kier molecular flexibility index (Phi) is 3.63. The number of hydrogen-bond donors (Lipinski definition) is 1. The first-order valence-corrected chi connectivity index (χ1v) is 6.77. The number of unbranched alkanes of at least 4 members (excludes halogenated alkanes) is 1. The summed E-state index contributed by atoms with van der Waals surface area (Å²) >= 11 is 0. The van der Waals surface area contributed by atoms with Crippen LogP contribution in [0.1, 0.15) is 23.2 Å². The number of aromatic nitrogens is 5. The smallest absolute Gasteiger partial charge is 0.337 e. The first kappa shape index (κ1) is 13.3. The van der Waals surface area contributed by atoms with E-state index in [1.165, 1.54) is 0 Å². The van der Waals surface area contributed by atoms with E-state index in [9.17, 15) is 9.90 Å². The molecule has 7 heteroatoms. The summed E-state index contributed by atoms with van der Waals surface area (Å²) < 4.78 is 3.69. The maximum absolute atomic E-state index is 11.3. The Morgan fingerprint density at radius 2 is 2.10 bits per heavy atom. The van der Waals surface area contributed by atoms with Gasteiger partial charge >= 0.3 is 5.97 Å². The highest BCUT2D eigenvalue weighted by atomic mass is 16.4. The Hall–Kier alpha value is -2.70. The molecule has 3 rings (SSSR count). The van der Waals surface area contributed by atoms with Crippen molar-refractivity contribution in [1.82, 2.24) is 24.5 Å². The molecule has 0 unspecified atom stereocenters. The fourth-order valence-electron chi connectivity index (χ4n) is 2.33. The standard InChI is InChI=1S/C14H15N5O2/c20-14(21)11-4-3-5-12-13(11)19(17-16-12)8-2-1-7-18-9-6-15-10-18/h3-6,9-10H,1-2,7-8H2,(H,20,21). The van der Waals surface area contributed by atoms with E-state index >= 15 is 0 Å². The molecule has 1 N–H and O–H groups in total. The number of carbonyl (C=O) groups is 1. The number of fused-ring (bicyclic) bond motifs is 1. The van der Waals surface area contributed by atoms with Gasteiger partial charge in [-0.05, 0) is 25.0 Å². The fourth-order valence-corrected chi connectivity index (χ4v) is 2.33. The van der Waals surface area contributed by atoms with Crippen LogP contribution in [0.15, 0.2) is 36.9 Å². The van der Waals surface area contributed by atoms with Gasteiger partial charge in [0.2, 0.25) is 0 Å². The number of imidazole rings is 1. The third kappa shape index (κ3) is 2.76. The Balaban J connectivity index is 1.70. The van der Waals surface area contributed by atoms with Crippen molar-refractivity contribution in [2.45, 2.75) is 25.9 Å². The Bertz CT molecular complexity index is 748. The van der Waals surface area contributed by atoms with E-state index in [2.05, 4.69) is 15.3 Å². The molecule has 21 heavy (non-hydrogen) atoms. The predicted octanol–water partition coefficient (Wildman–Crippen LogP) is 1.81. The van der Waals surface area contributed by atoms with Crippen molar-refractivity contribution in [1.29, 1.82) is 0 Å². The highest BCUT2D eigenvalue weighted by Gasteiger charge is 2.14. The summed E-state index contributed by atoms with van der Waals surface area (Å²) in [7, 11) is 0. The SMILES string of the molecule is O=C(O)c1cccc2nnn(CCCCn3ccnc3)c12. The van der Waals surface area contributed by atoms with Gasteiger partial charge in [0.15, 0.2) is 0 Å². The molecule has 108 valence electrons. The lowest BCUT2D eigenvalue weighted by Crippen LogP contribution is -2.06. The monoisotopic (exact) mass is 285 g/mol. The van der Waals surface area contributed by atoms with E-state index in [1.807, 2.05) is 10.8 Å². The normalized spacial score (nSPS) is 11.0. The lowest BCUT2D eigenvalue weighted by atomic mass is 10.2. The number of hydrogen-bond acceptors (Lipinski definition) is 4. The number of aromatic carboxylic acids is 1. The molecule has 7 nitrogen and oxygen atoms in total. The number of benzene rings is 1. The molecule has 0 saturated heterocycles. The van der Waals surface area contributed by atoms with Gasteiger partial charge in [0.25, 0.3) is 0 Å². The molecule has 0 saturated carbocycles. The molecule has 3 aromatic rings. The topological polar surface area (TPSA) is 85.8 Å². The van der Waals surface area contributed by atoms with E-state index in [4.69, 9.17) is 0 Å². The zero-order valence-electron chi connectivity index (χ0n) is 11.4. The average molecular weight is 285 g/mol. The van der Waals surface area contributed by atoms with Crippen LogP contribution < -0.4 is 0 Å². The van der Waals surface area contributed by atoms with Crippen molar-refractivity contribution < 1.29 is 9.90 Å². The average Bonchev–Trinajstić information content (AvgIpc) is 3.13. The summed E-state index contributed by atoms with van der Waals surface area (Å²) in [5, 5.41) is 17.3. The van der Waals surface area contributed by atoms with Crippen LogP contribution >= 0.6 is 0 Å². The minimum Gasteiger partial charge on any atom is -0.478 e. The lowest BCUT2D eigenvalue weighted by molar-refractivity contribution is 0.0698. The summed E-state index contributed by atoms with van der Waals surface area (Å²) in [6.45, 7) is 1.54. The molecule has 0 radical (unpaired) electrons. The maximum Gasteiger partial charge on any atom is 0.337 e. The van der Waals surface area contributed by atoms with Gasteiger partial charge in [-0.2, -0.15) is 0 Å². The molecule has 0 spiro atoms. The van der Waals surface area contributed by atoms with Gasteiger partial charge in [-0.25, -0.2) is 14.5 Å². The molecule has 0 aliphatic carbocycles. The predicted molar refractivity (Wildman–Crippen MR) is 75.9 cm³/mol. The fraction of sp³-hybridized carbons (Fsp3) is 0.286. The quantitative estimate of drug-likeness (QED) is 0.698. The zero-order valence-corrected chi connectivity index (χ0v) is 11.4. The summed E-state index contributed by atoms with van der Waals surface area (Å²) in [5.41, 5.74) is 1.45. The maximum atomic E-state index is 11.3. The number of para-hydroxylation sites is 1. The van der Waals surface area contributed by atoms with Gasteiger partial charge in [0.05, 0.1) is 11.9 Å². The van der Waals surface area contributed by atoms with E-state index in [0.29, 0.717) is 17.6 Å². The van der Waals surface area contributed by atoms with Gasteiger partial charge < -0.3 is 9.67 Å². The molecular weight excluding hydrogens is 270 g/mol. The van der Waals surface area contributed by atoms with Gasteiger partial charge in [0.1, 0.15) is 11.0 Å². The molecular formula is C14H15N5O2. The van der Waals surface area contributed by atoms with Gasteiger partial charge in [0, 0.05) is 25.5 Å². The summed E-state index contributed by atoms with van der Waals surface area (Å²) in [6, 6.07) is 5.04. The third-order valence-corrected chi connectivity index (χ3v) is 3.36. The van der Waals surface area contributed by atoms with Crippen molar-refractivity contribution in [2.75, 3.05) is 0 Å². The molecule has 2 heterocycles. The highest BCUT2D eigenvalue weighted by Crippen LogP contribution is 2.17. The first-order chi connectivity index (χ1) is 10.3. The van der Waals surface area contributed by atoms with E-state index in [1.54, 1.807) is 35.4 Å². The van der Waals surface area contributed by atoms with Crippen LogP contribution in [0.5, 0.6) is 0 Å². The third-order valence-electron chi connectivity index (χ3n) is 3.36. The molecule has 0 bridgehead atoms. The van der Waals surface area contributed by atoms with Crippen molar-refractivity contribution in [2.24, 2.45) is 0 Å². The van der Waals surface area contributed by atoms with Crippen molar-refractivity contribution >= 4 is 17.0 Å². The number of nitrogens with zero attached hydrogens (tertiary/aromatic N) is 5. The van der Waals surface area contributed by atoms with Gasteiger partial charge in [-0.15, -0.1) is 5.10 Å². The van der Waals surface area contributed by atoms with E-state index in [0.717, 1.165) is 19.4 Å². The number of carboxylic acids is 1. The molecule has 2 aromatic heterocycles. The van der Waals surface area contributed by atoms with E-state index in [-0.39, 0.29) is 5.56 Å². The summed E-state index contributed by atoms with van der Waals surface area (Å²) in [4.78, 5) is 15.3. The summed E-state index contributed by atoms with van der Waals surface area (Å²) in [5.74, 6) is -0.956. The second-order valence-electron chi connectivity index (χ2n) is 4.80. The van der Waals surface area contributed by atoms with Crippen LogP contribution in [0, 0.1) is 0 Å². The van der Waals surface area contributed by atoms with E-state index < -0.39 is 5.97 Å². The van der Waals surface area contributed by atoms with Crippen molar-refractivity contribution in [3.8, 4) is 0 Å². The van der Waals surface area contributed by atoms with Gasteiger partial charge in [-0.3, -0.25) is 0 Å². The molecule has 0 fully saturated rings. The van der Waals surface area contributed by atoms with Crippen LogP contribution in [-0.2, 0) is 13.1 Å². The van der Waals surface area contributed by atoms with Gasteiger partial charge in [-0.1, -0.05) is 11.3 Å². The molecule has 0 aliphatic rings. The van der Waals surface area contributed by atoms with Crippen molar-refractivity contribution in [3.05, 3.63) is 42.5 Å². The highest BCUT2D eigenvalue weighted by molar-refractivity contribution is 6.00.